The molecule has 0 saturated carbocycles. The minimum absolute atomic E-state index is 0.00362. The van der Waals surface area contributed by atoms with Crippen LogP contribution in [0.5, 0.6) is 11.5 Å². The lowest BCUT2D eigenvalue weighted by Crippen LogP contribution is -2.13. The second-order valence-electron chi connectivity index (χ2n) is 9.40. The number of amides is 1. The van der Waals surface area contributed by atoms with Crippen LogP contribution in [0, 0.1) is 25.2 Å². The van der Waals surface area contributed by atoms with Gasteiger partial charge in [-0.25, -0.2) is 0 Å². The molecule has 4 aromatic carbocycles. The van der Waals surface area contributed by atoms with Gasteiger partial charge in [-0.05, 0) is 79.4 Å². The number of nitrogens with one attached hydrogen (secondary N) is 1. The van der Waals surface area contributed by atoms with Crippen molar-refractivity contribution in [2.75, 3.05) is 11.9 Å². The smallest absolute Gasteiger partial charge is 0.266 e. The second-order valence-corrected chi connectivity index (χ2v) is 9.40. The van der Waals surface area contributed by atoms with Gasteiger partial charge in [0.25, 0.3) is 5.91 Å². The van der Waals surface area contributed by atoms with E-state index >= 15 is 0 Å². The Hall–Kier alpha value is -4.82. The molecule has 4 rings (SSSR count). The number of hydrogen-bond acceptors (Lipinski definition) is 4. The highest BCUT2D eigenvalue weighted by molar-refractivity contribution is 6.09. The Bertz CT molecular complexity index is 1480. The van der Waals surface area contributed by atoms with Gasteiger partial charge in [-0.15, -0.1) is 0 Å². The molecular formula is C34H32N2O3. The molecule has 0 aliphatic carbocycles. The van der Waals surface area contributed by atoms with Crippen molar-refractivity contribution in [3.63, 3.8) is 0 Å². The van der Waals surface area contributed by atoms with Crippen LogP contribution in [0.4, 0.5) is 5.69 Å². The van der Waals surface area contributed by atoms with Crippen molar-refractivity contribution in [1.82, 2.24) is 0 Å². The van der Waals surface area contributed by atoms with E-state index in [0.717, 1.165) is 28.9 Å². The quantitative estimate of drug-likeness (QED) is 0.176. The van der Waals surface area contributed by atoms with E-state index in [2.05, 4.69) is 37.4 Å². The Kier molecular flexibility index (Phi) is 9.16. The summed E-state index contributed by atoms with van der Waals surface area (Å²) in [6.07, 6.45) is 2.31. The monoisotopic (exact) mass is 516 g/mol. The minimum Gasteiger partial charge on any atom is -0.494 e. The van der Waals surface area contributed by atoms with E-state index in [0.29, 0.717) is 24.7 Å². The Morgan fingerprint density at radius 3 is 2.26 bits per heavy atom. The van der Waals surface area contributed by atoms with Gasteiger partial charge < -0.3 is 14.8 Å². The third-order valence-corrected chi connectivity index (χ3v) is 6.10. The van der Waals surface area contributed by atoms with Gasteiger partial charge in [-0.3, -0.25) is 4.79 Å². The van der Waals surface area contributed by atoms with Gasteiger partial charge in [-0.2, -0.15) is 5.26 Å². The van der Waals surface area contributed by atoms with E-state index in [9.17, 15) is 10.1 Å². The minimum atomic E-state index is -0.479. The molecule has 0 fully saturated rings. The van der Waals surface area contributed by atoms with Crippen LogP contribution < -0.4 is 14.8 Å². The number of carbonyl (C=O) groups is 1. The summed E-state index contributed by atoms with van der Waals surface area (Å²) < 4.78 is 11.7. The summed E-state index contributed by atoms with van der Waals surface area (Å²) in [6, 6.07) is 31.3. The number of benzene rings is 4. The molecule has 196 valence electrons. The third-order valence-electron chi connectivity index (χ3n) is 6.10. The standard InChI is InChI=1S/C34H32N2O3/c1-4-38-33-21-27(10-11-29(33)20-28-17-24(2)16-25(3)18-28)19-30(22-35)34(37)36-31-12-14-32(15-13-31)39-23-26-8-6-5-7-9-26/h5-19,21H,4,20,23H2,1-3H3,(H,36,37)/b30-19+. The van der Waals surface area contributed by atoms with Crippen molar-refractivity contribution in [2.24, 2.45) is 0 Å². The zero-order chi connectivity index (χ0) is 27.6. The van der Waals surface area contributed by atoms with Crippen molar-refractivity contribution >= 4 is 17.7 Å². The molecule has 0 heterocycles. The summed E-state index contributed by atoms with van der Waals surface area (Å²) in [5.74, 6) is 0.958. The summed E-state index contributed by atoms with van der Waals surface area (Å²) in [5.41, 5.74) is 7.09. The summed E-state index contributed by atoms with van der Waals surface area (Å²) in [7, 11) is 0. The average Bonchev–Trinajstić information content (AvgIpc) is 2.93. The van der Waals surface area contributed by atoms with E-state index < -0.39 is 5.91 Å². The number of aryl methyl sites for hydroxylation is 2. The number of rotatable bonds is 10. The maximum Gasteiger partial charge on any atom is 0.266 e. The topological polar surface area (TPSA) is 71.3 Å². The fourth-order valence-electron chi connectivity index (χ4n) is 4.38. The van der Waals surface area contributed by atoms with Crippen LogP contribution in [0.15, 0.2) is 96.6 Å². The molecule has 39 heavy (non-hydrogen) atoms. The molecule has 0 aliphatic rings. The number of nitrogens with zero attached hydrogens (tertiary/aromatic N) is 1. The first-order valence-electron chi connectivity index (χ1n) is 13.0. The largest absolute Gasteiger partial charge is 0.494 e. The molecule has 0 spiro atoms. The highest BCUT2D eigenvalue weighted by Crippen LogP contribution is 2.26. The van der Waals surface area contributed by atoms with Gasteiger partial charge in [0, 0.05) is 12.1 Å². The Morgan fingerprint density at radius 2 is 1.59 bits per heavy atom. The first kappa shape index (κ1) is 27.2. The highest BCUT2D eigenvalue weighted by atomic mass is 16.5. The Labute approximate surface area is 230 Å². The molecule has 1 N–H and O–H groups in total. The SMILES string of the molecule is CCOc1cc(/C=C(\C#N)C(=O)Nc2ccc(OCc3ccccc3)cc2)ccc1Cc1cc(C)cc(C)c1. The van der Waals surface area contributed by atoms with E-state index in [1.807, 2.05) is 61.5 Å². The maximum absolute atomic E-state index is 12.9. The molecule has 0 saturated heterocycles. The van der Waals surface area contributed by atoms with Gasteiger partial charge in [0.05, 0.1) is 6.61 Å². The number of anilines is 1. The van der Waals surface area contributed by atoms with E-state index in [-0.39, 0.29) is 5.57 Å². The van der Waals surface area contributed by atoms with E-state index in [1.165, 1.54) is 16.7 Å². The van der Waals surface area contributed by atoms with Gasteiger partial charge in [-0.1, -0.05) is 71.8 Å². The molecule has 0 atom stereocenters. The van der Waals surface area contributed by atoms with Crippen molar-refractivity contribution < 1.29 is 14.3 Å². The van der Waals surface area contributed by atoms with Crippen molar-refractivity contribution in [3.8, 4) is 17.6 Å². The lowest BCUT2D eigenvalue weighted by molar-refractivity contribution is -0.112. The number of ether oxygens (including phenoxy) is 2. The molecule has 5 nitrogen and oxygen atoms in total. The lowest BCUT2D eigenvalue weighted by Gasteiger charge is -2.13. The van der Waals surface area contributed by atoms with Crippen LogP contribution in [0.3, 0.4) is 0 Å². The Balaban J connectivity index is 1.44. The zero-order valence-corrected chi connectivity index (χ0v) is 22.5. The summed E-state index contributed by atoms with van der Waals surface area (Å²) in [4.78, 5) is 12.9. The number of nitriles is 1. The fourth-order valence-corrected chi connectivity index (χ4v) is 4.38. The molecule has 0 radical (unpaired) electrons. The molecule has 5 heteroatoms. The molecule has 0 bridgehead atoms. The predicted octanol–water partition coefficient (Wildman–Crippen LogP) is 7.42. The lowest BCUT2D eigenvalue weighted by atomic mass is 9.98. The van der Waals surface area contributed by atoms with Crippen molar-refractivity contribution in [1.29, 1.82) is 5.26 Å². The first-order valence-corrected chi connectivity index (χ1v) is 13.0. The molecule has 0 unspecified atom stereocenters. The normalized spacial score (nSPS) is 11.0. The van der Waals surface area contributed by atoms with Crippen LogP contribution in [0.1, 0.15) is 40.3 Å². The van der Waals surface area contributed by atoms with E-state index in [4.69, 9.17) is 9.47 Å². The summed E-state index contributed by atoms with van der Waals surface area (Å²) in [6.45, 7) is 7.10. The van der Waals surface area contributed by atoms with Crippen LogP contribution in [-0.2, 0) is 17.8 Å². The van der Waals surface area contributed by atoms with Crippen LogP contribution in [0.25, 0.3) is 6.08 Å². The van der Waals surface area contributed by atoms with Crippen molar-refractivity contribution in [3.05, 3.63) is 130 Å². The highest BCUT2D eigenvalue weighted by Gasteiger charge is 2.12. The average molecular weight is 517 g/mol. The van der Waals surface area contributed by atoms with Gasteiger partial charge in [0.1, 0.15) is 29.7 Å². The predicted molar refractivity (Wildman–Crippen MR) is 156 cm³/mol. The van der Waals surface area contributed by atoms with Crippen LogP contribution >= 0.6 is 0 Å². The van der Waals surface area contributed by atoms with Gasteiger partial charge in [0.2, 0.25) is 0 Å². The maximum atomic E-state index is 12.9. The molecule has 0 aliphatic heterocycles. The van der Waals surface area contributed by atoms with Gasteiger partial charge >= 0.3 is 0 Å². The molecule has 1 amide bonds. The first-order chi connectivity index (χ1) is 18.9. The zero-order valence-electron chi connectivity index (χ0n) is 22.5. The number of carbonyl (C=O) groups excluding carboxylic acids is 1. The molecule has 4 aromatic rings. The van der Waals surface area contributed by atoms with Crippen molar-refractivity contribution in [2.45, 2.75) is 33.8 Å². The van der Waals surface area contributed by atoms with Gasteiger partial charge in [0.15, 0.2) is 0 Å². The van der Waals surface area contributed by atoms with Crippen LogP contribution in [-0.4, -0.2) is 12.5 Å². The number of hydrogen-bond donors (Lipinski definition) is 1. The molecule has 0 aromatic heterocycles. The summed E-state index contributed by atoms with van der Waals surface area (Å²) in [5, 5.41) is 12.5. The third kappa shape index (κ3) is 7.83. The molecular weight excluding hydrogens is 484 g/mol. The van der Waals surface area contributed by atoms with E-state index in [1.54, 1.807) is 30.3 Å². The van der Waals surface area contributed by atoms with Crippen LogP contribution in [0.2, 0.25) is 0 Å². The summed E-state index contributed by atoms with van der Waals surface area (Å²) >= 11 is 0. The Morgan fingerprint density at radius 1 is 0.872 bits per heavy atom. The fraction of sp³-hybridized carbons (Fsp3) is 0.176. The second kappa shape index (κ2) is 13.1.